The van der Waals surface area contributed by atoms with Gasteiger partial charge in [0.05, 0.1) is 0 Å². The van der Waals surface area contributed by atoms with Crippen molar-refractivity contribution in [2.24, 2.45) is 0 Å². The fourth-order valence-corrected chi connectivity index (χ4v) is 3.33. The van der Waals surface area contributed by atoms with E-state index in [1.165, 1.54) is 21.9 Å². The molecule has 1 heteroatoms. The lowest BCUT2D eigenvalue weighted by Crippen LogP contribution is -1.89. The van der Waals surface area contributed by atoms with Crippen molar-refractivity contribution in [2.45, 2.75) is 12.8 Å². The van der Waals surface area contributed by atoms with E-state index in [9.17, 15) is 4.79 Å². The normalized spacial score (nSPS) is 12.8. The smallest absolute Gasteiger partial charge is 0.150 e. The highest BCUT2D eigenvalue weighted by Gasteiger charge is 2.17. The van der Waals surface area contributed by atoms with E-state index in [0.29, 0.717) is 0 Å². The van der Waals surface area contributed by atoms with Gasteiger partial charge >= 0.3 is 0 Å². The molecule has 1 nitrogen and oxygen atoms in total. The maximum absolute atomic E-state index is 11.3. The molecule has 20 heavy (non-hydrogen) atoms. The summed E-state index contributed by atoms with van der Waals surface area (Å²) in [4.78, 5) is 11.3. The number of benzene rings is 3. The molecule has 1 aliphatic rings. The highest BCUT2D eigenvalue weighted by molar-refractivity contribution is 6.04. The van der Waals surface area contributed by atoms with Gasteiger partial charge in [-0.3, -0.25) is 4.79 Å². The number of rotatable bonds is 2. The minimum Gasteiger partial charge on any atom is -0.298 e. The number of aryl methyl sites for hydroxylation is 2. The van der Waals surface area contributed by atoms with Gasteiger partial charge in [-0.2, -0.15) is 0 Å². The summed E-state index contributed by atoms with van der Waals surface area (Å²) in [6.07, 6.45) is 3.20. The van der Waals surface area contributed by atoms with Crippen LogP contribution >= 0.6 is 0 Å². The summed E-state index contributed by atoms with van der Waals surface area (Å²) in [7, 11) is 0. The zero-order chi connectivity index (χ0) is 13.5. The molecule has 3 aromatic rings. The van der Waals surface area contributed by atoms with Gasteiger partial charge in [0.2, 0.25) is 0 Å². The third-order valence-corrected chi connectivity index (χ3v) is 4.25. The van der Waals surface area contributed by atoms with E-state index in [-0.39, 0.29) is 0 Å². The van der Waals surface area contributed by atoms with Crippen LogP contribution in [0.25, 0.3) is 21.9 Å². The quantitative estimate of drug-likeness (QED) is 0.622. The van der Waals surface area contributed by atoms with Gasteiger partial charge in [0.15, 0.2) is 6.29 Å². The first kappa shape index (κ1) is 11.4. The van der Waals surface area contributed by atoms with E-state index in [1.54, 1.807) is 0 Å². The summed E-state index contributed by atoms with van der Waals surface area (Å²) >= 11 is 0. The summed E-state index contributed by atoms with van der Waals surface area (Å²) in [5.74, 6) is 0. The van der Waals surface area contributed by atoms with Crippen LogP contribution in [0, 0.1) is 0 Å². The molecule has 0 spiro atoms. The molecular weight excluding hydrogens is 244 g/mol. The van der Waals surface area contributed by atoms with E-state index < -0.39 is 0 Å². The Morgan fingerprint density at radius 3 is 2.40 bits per heavy atom. The molecule has 0 heterocycles. The molecule has 0 N–H and O–H groups in total. The van der Waals surface area contributed by atoms with Crippen LogP contribution in [0.1, 0.15) is 21.5 Å². The van der Waals surface area contributed by atoms with Crippen LogP contribution in [0.4, 0.5) is 0 Å². The van der Waals surface area contributed by atoms with Gasteiger partial charge in [-0.25, -0.2) is 0 Å². The summed E-state index contributed by atoms with van der Waals surface area (Å²) < 4.78 is 0. The zero-order valence-electron chi connectivity index (χ0n) is 11.1. The van der Waals surface area contributed by atoms with Crippen molar-refractivity contribution < 1.29 is 4.79 Å². The first-order chi connectivity index (χ1) is 9.88. The summed E-state index contributed by atoms with van der Waals surface area (Å²) in [6, 6.07) is 18.7. The van der Waals surface area contributed by atoms with Crippen molar-refractivity contribution in [2.75, 3.05) is 0 Å². The molecule has 0 aliphatic heterocycles. The molecule has 0 atom stereocenters. The molecule has 0 amide bonds. The van der Waals surface area contributed by atoms with Gasteiger partial charge in [-0.1, -0.05) is 54.6 Å². The lowest BCUT2D eigenvalue weighted by atomic mass is 9.93. The van der Waals surface area contributed by atoms with Crippen molar-refractivity contribution in [3.63, 3.8) is 0 Å². The number of hydrogen-bond acceptors (Lipinski definition) is 1. The highest BCUT2D eigenvalue weighted by atomic mass is 16.1. The SMILES string of the molecule is O=Cc1ccccc1-c1ccc2c3c(cccc13)CC2. The maximum Gasteiger partial charge on any atom is 0.150 e. The maximum atomic E-state index is 11.3. The molecule has 4 rings (SSSR count). The molecule has 0 unspecified atom stereocenters. The summed E-state index contributed by atoms with van der Waals surface area (Å²) in [5, 5.41) is 2.66. The molecule has 0 saturated carbocycles. The third kappa shape index (κ3) is 1.53. The van der Waals surface area contributed by atoms with Crippen molar-refractivity contribution >= 4 is 17.1 Å². The second-order valence-electron chi connectivity index (χ2n) is 5.32. The van der Waals surface area contributed by atoms with E-state index >= 15 is 0 Å². The predicted molar refractivity (Wildman–Crippen MR) is 82.2 cm³/mol. The van der Waals surface area contributed by atoms with Crippen molar-refractivity contribution in [1.29, 1.82) is 0 Å². The van der Waals surface area contributed by atoms with Crippen LogP contribution in [-0.4, -0.2) is 6.29 Å². The van der Waals surface area contributed by atoms with Crippen LogP contribution in [0.2, 0.25) is 0 Å². The average molecular weight is 258 g/mol. The largest absolute Gasteiger partial charge is 0.298 e. The highest BCUT2D eigenvalue weighted by Crippen LogP contribution is 2.37. The monoisotopic (exact) mass is 258 g/mol. The lowest BCUT2D eigenvalue weighted by molar-refractivity contribution is 0.112. The second-order valence-corrected chi connectivity index (χ2v) is 5.32. The molecule has 0 radical (unpaired) electrons. The molecule has 0 saturated heterocycles. The Kier molecular flexibility index (Phi) is 2.46. The topological polar surface area (TPSA) is 17.1 Å². The first-order valence-electron chi connectivity index (χ1n) is 6.96. The number of aldehydes is 1. The van der Waals surface area contributed by atoms with Gasteiger partial charge in [0.1, 0.15) is 0 Å². The Morgan fingerprint density at radius 2 is 1.55 bits per heavy atom. The van der Waals surface area contributed by atoms with E-state index in [2.05, 4.69) is 30.3 Å². The van der Waals surface area contributed by atoms with E-state index in [1.807, 2.05) is 24.3 Å². The standard InChI is InChI=1S/C19H14O/c20-12-15-4-1-2-6-16(15)17-11-10-14-9-8-13-5-3-7-18(17)19(13)14/h1-7,10-12H,8-9H2. The fourth-order valence-electron chi connectivity index (χ4n) is 3.33. The zero-order valence-corrected chi connectivity index (χ0v) is 11.1. The van der Waals surface area contributed by atoms with Crippen LogP contribution in [-0.2, 0) is 12.8 Å². The minimum atomic E-state index is 0.756. The van der Waals surface area contributed by atoms with Gasteiger partial charge in [-0.15, -0.1) is 0 Å². The summed E-state index contributed by atoms with van der Waals surface area (Å²) in [6.45, 7) is 0. The Balaban J connectivity index is 2.09. The van der Waals surface area contributed by atoms with E-state index in [0.717, 1.165) is 35.8 Å². The van der Waals surface area contributed by atoms with Crippen LogP contribution in [0.5, 0.6) is 0 Å². The van der Waals surface area contributed by atoms with Gasteiger partial charge < -0.3 is 0 Å². The molecule has 96 valence electrons. The predicted octanol–water partition coefficient (Wildman–Crippen LogP) is 4.42. The first-order valence-corrected chi connectivity index (χ1v) is 6.96. The van der Waals surface area contributed by atoms with Crippen molar-refractivity contribution in [3.05, 3.63) is 71.3 Å². The van der Waals surface area contributed by atoms with Crippen LogP contribution in [0.3, 0.4) is 0 Å². The summed E-state index contributed by atoms with van der Waals surface area (Å²) in [5.41, 5.74) is 5.81. The second kappa shape index (κ2) is 4.31. The van der Waals surface area contributed by atoms with Crippen LogP contribution in [0.15, 0.2) is 54.6 Å². The van der Waals surface area contributed by atoms with Crippen LogP contribution < -0.4 is 0 Å². The number of carbonyl (C=O) groups is 1. The molecule has 0 bridgehead atoms. The Hall–Kier alpha value is -2.41. The number of hydrogen-bond donors (Lipinski definition) is 0. The van der Waals surface area contributed by atoms with Crippen molar-refractivity contribution in [3.8, 4) is 11.1 Å². The molecule has 0 aromatic heterocycles. The molecule has 0 fully saturated rings. The van der Waals surface area contributed by atoms with Crippen molar-refractivity contribution in [1.82, 2.24) is 0 Å². The Morgan fingerprint density at radius 1 is 0.750 bits per heavy atom. The van der Waals surface area contributed by atoms with E-state index in [4.69, 9.17) is 0 Å². The van der Waals surface area contributed by atoms with Gasteiger partial charge in [0.25, 0.3) is 0 Å². The van der Waals surface area contributed by atoms with Gasteiger partial charge in [-0.05, 0) is 45.9 Å². The fraction of sp³-hybridized carbons (Fsp3) is 0.105. The number of carbonyl (C=O) groups excluding carboxylic acids is 1. The third-order valence-electron chi connectivity index (χ3n) is 4.25. The Bertz CT molecular complexity index is 820. The van der Waals surface area contributed by atoms with Gasteiger partial charge in [0, 0.05) is 5.56 Å². The molecule has 3 aromatic carbocycles. The molecule has 1 aliphatic carbocycles. The lowest BCUT2D eigenvalue weighted by Gasteiger charge is -2.11. The molecular formula is C19H14O. The minimum absolute atomic E-state index is 0.756. The Labute approximate surface area is 117 Å². The average Bonchev–Trinajstić information content (AvgIpc) is 2.93.